The highest BCUT2D eigenvalue weighted by molar-refractivity contribution is 7.20. The van der Waals surface area contributed by atoms with Gasteiger partial charge in [-0.15, -0.1) is 11.3 Å². The van der Waals surface area contributed by atoms with Crippen molar-refractivity contribution in [1.82, 2.24) is 14.9 Å². The smallest absolute Gasteiger partial charge is 0.262 e. The van der Waals surface area contributed by atoms with Gasteiger partial charge < -0.3 is 5.32 Å². The maximum absolute atomic E-state index is 12.4. The fourth-order valence-electron chi connectivity index (χ4n) is 2.46. The Balaban J connectivity index is 1.91. The number of amides is 1. The minimum absolute atomic E-state index is 0.0895. The fourth-order valence-corrected chi connectivity index (χ4v) is 3.52. The van der Waals surface area contributed by atoms with Gasteiger partial charge in [0.1, 0.15) is 4.83 Å². The largest absolute Gasteiger partial charge is 0.347 e. The van der Waals surface area contributed by atoms with E-state index in [-0.39, 0.29) is 11.5 Å². The van der Waals surface area contributed by atoms with Crippen LogP contribution in [0.5, 0.6) is 0 Å². The molecule has 1 aromatic carbocycles. The van der Waals surface area contributed by atoms with Gasteiger partial charge in [0.05, 0.1) is 16.6 Å². The SMILES string of the molecule is CCn1cnc2sc(C(=O)NCc3ccccc3)c(C)c2c1=O. The molecule has 2 aromatic heterocycles. The molecule has 0 atom stereocenters. The molecule has 118 valence electrons. The van der Waals surface area contributed by atoms with E-state index in [2.05, 4.69) is 10.3 Å². The summed E-state index contributed by atoms with van der Waals surface area (Å²) in [5.41, 5.74) is 1.65. The molecule has 2 heterocycles. The van der Waals surface area contributed by atoms with Gasteiger partial charge in [0, 0.05) is 13.1 Å². The summed E-state index contributed by atoms with van der Waals surface area (Å²) in [5, 5.41) is 3.45. The lowest BCUT2D eigenvalue weighted by Gasteiger charge is -2.04. The molecule has 1 N–H and O–H groups in total. The molecule has 0 saturated heterocycles. The van der Waals surface area contributed by atoms with E-state index >= 15 is 0 Å². The zero-order valence-electron chi connectivity index (χ0n) is 13.0. The first-order valence-electron chi connectivity index (χ1n) is 7.42. The van der Waals surface area contributed by atoms with Gasteiger partial charge in [-0.05, 0) is 25.0 Å². The van der Waals surface area contributed by atoms with Crippen molar-refractivity contribution in [3.63, 3.8) is 0 Å². The first kappa shape index (κ1) is 15.4. The minimum Gasteiger partial charge on any atom is -0.347 e. The number of benzene rings is 1. The summed E-state index contributed by atoms with van der Waals surface area (Å²) in [7, 11) is 0. The Morgan fingerprint density at radius 3 is 2.74 bits per heavy atom. The van der Waals surface area contributed by atoms with E-state index in [1.807, 2.05) is 37.3 Å². The average Bonchev–Trinajstić information content (AvgIpc) is 2.92. The molecule has 5 nitrogen and oxygen atoms in total. The van der Waals surface area contributed by atoms with Gasteiger partial charge >= 0.3 is 0 Å². The van der Waals surface area contributed by atoms with Crippen LogP contribution in [0.25, 0.3) is 10.2 Å². The van der Waals surface area contributed by atoms with Crippen LogP contribution in [0.1, 0.15) is 27.7 Å². The Morgan fingerprint density at radius 2 is 2.04 bits per heavy atom. The van der Waals surface area contributed by atoms with E-state index in [4.69, 9.17) is 0 Å². The third kappa shape index (κ3) is 2.90. The van der Waals surface area contributed by atoms with Gasteiger partial charge in [0.25, 0.3) is 11.5 Å². The topological polar surface area (TPSA) is 64.0 Å². The van der Waals surface area contributed by atoms with Crippen molar-refractivity contribution in [3.05, 3.63) is 63.0 Å². The highest BCUT2D eigenvalue weighted by Gasteiger charge is 2.19. The molecule has 0 fully saturated rings. The first-order valence-corrected chi connectivity index (χ1v) is 8.24. The molecular weight excluding hydrogens is 310 g/mol. The number of aryl methyl sites for hydroxylation is 2. The van der Waals surface area contributed by atoms with Gasteiger partial charge in [-0.1, -0.05) is 30.3 Å². The second-order valence-corrected chi connectivity index (χ2v) is 6.24. The van der Waals surface area contributed by atoms with E-state index in [1.165, 1.54) is 17.7 Å². The highest BCUT2D eigenvalue weighted by Crippen LogP contribution is 2.26. The normalized spacial score (nSPS) is 10.9. The van der Waals surface area contributed by atoms with E-state index in [0.29, 0.717) is 33.7 Å². The van der Waals surface area contributed by atoms with Crippen molar-refractivity contribution in [1.29, 1.82) is 0 Å². The van der Waals surface area contributed by atoms with E-state index < -0.39 is 0 Å². The van der Waals surface area contributed by atoms with Crippen LogP contribution in [0.4, 0.5) is 0 Å². The van der Waals surface area contributed by atoms with E-state index in [9.17, 15) is 9.59 Å². The number of carbonyl (C=O) groups is 1. The summed E-state index contributed by atoms with van der Waals surface area (Å²) in [4.78, 5) is 30.3. The second-order valence-electron chi connectivity index (χ2n) is 5.24. The van der Waals surface area contributed by atoms with Crippen LogP contribution in [0.3, 0.4) is 0 Å². The van der Waals surface area contributed by atoms with Gasteiger partial charge in [-0.25, -0.2) is 4.98 Å². The zero-order chi connectivity index (χ0) is 16.4. The molecule has 1 amide bonds. The zero-order valence-corrected chi connectivity index (χ0v) is 13.8. The van der Waals surface area contributed by atoms with E-state index in [1.54, 1.807) is 11.5 Å². The molecule has 3 rings (SSSR count). The molecule has 6 heteroatoms. The van der Waals surface area contributed by atoms with Crippen LogP contribution in [0, 0.1) is 6.92 Å². The predicted octanol–water partition coefficient (Wildman–Crippen LogP) is 2.72. The predicted molar refractivity (Wildman–Crippen MR) is 91.9 cm³/mol. The summed E-state index contributed by atoms with van der Waals surface area (Å²) >= 11 is 1.26. The molecule has 0 aliphatic carbocycles. The molecular formula is C17H17N3O2S. The van der Waals surface area contributed by atoms with Gasteiger partial charge in [0.15, 0.2) is 0 Å². The van der Waals surface area contributed by atoms with Crippen LogP contribution in [0.15, 0.2) is 41.5 Å². The monoisotopic (exact) mass is 327 g/mol. The number of thiophene rings is 1. The van der Waals surface area contributed by atoms with Crippen LogP contribution in [-0.4, -0.2) is 15.5 Å². The van der Waals surface area contributed by atoms with Crippen LogP contribution in [0.2, 0.25) is 0 Å². The highest BCUT2D eigenvalue weighted by atomic mass is 32.1. The van der Waals surface area contributed by atoms with Gasteiger partial charge in [-0.2, -0.15) is 0 Å². The summed E-state index contributed by atoms with van der Waals surface area (Å²) in [6.45, 7) is 4.72. The minimum atomic E-state index is -0.170. The van der Waals surface area contributed by atoms with Crippen LogP contribution >= 0.6 is 11.3 Å². The molecule has 0 bridgehead atoms. The number of hydrogen-bond acceptors (Lipinski definition) is 4. The second kappa shape index (κ2) is 6.34. The molecule has 3 aromatic rings. The number of rotatable bonds is 4. The van der Waals surface area contributed by atoms with Crippen molar-refractivity contribution in [2.45, 2.75) is 26.9 Å². The van der Waals surface area contributed by atoms with Crippen molar-refractivity contribution in [2.75, 3.05) is 0 Å². The molecule has 0 aliphatic heterocycles. The Morgan fingerprint density at radius 1 is 1.30 bits per heavy atom. The number of aromatic nitrogens is 2. The quantitative estimate of drug-likeness (QED) is 0.801. The lowest BCUT2D eigenvalue weighted by Crippen LogP contribution is -2.23. The third-order valence-corrected chi connectivity index (χ3v) is 4.96. The van der Waals surface area contributed by atoms with Gasteiger partial charge in [-0.3, -0.25) is 14.2 Å². The van der Waals surface area contributed by atoms with Crippen molar-refractivity contribution in [2.24, 2.45) is 0 Å². The summed E-state index contributed by atoms with van der Waals surface area (Å²) in [5.74, 6) is -0.170. The molecule has 0 unspecified atom stereocenters. The number of nitrogens with zero attached hydrogens (tertiary/aromatic N) is 2. The molecule has 0 radical (unpaired) electrons. The van der Waals surface area contributed by atoms with Crippen molar-refractivity contribution >= 4 is 27.5 Å². The number of fused-ring (bicyclic) bond motifs is 1. The maximum atomic E-state index is 12.4. The molecule has 0 saturated carbocycles. The Hall–Kier alpha value is -2.47. The summed E-state index contributed by atoms with van der Waals surface area (Å²) < 4.78 is 1.55. The lowest BCUT2D eigenvalue weighted by atomic mass is 10.2. The Kier molecular flexibility index (Phi) is 4.25. The fraction of sp³-hybridized carbons (Fsp3) is 0.235. The molecule has 0 aliphatic rings. The lowest BCUT2D eigenvalue weighted by molar-refractivity contribution is 0.0954. The van der Waals surface area contributed by atoms with Gasteiger partial charge in [0.2, 0.25) is 0 Å². The van der Waals surface area contributed by atoms with Crippen LogP contribution in [-0.2, 0) is 13.1 Å². The van der Waals surface area contributed by atoms with Crippen molar-refractivity contribution in [3.8, 4) is 0 Å². The Labute approximate surface area is 137 Å². The summed E-state index contributed by atoms with van der Waals surface area (Å²) in [6.07, 6.45) is 1.53. The number of carbonyl (C=O) groups excluding carboxylic acids is 1. The third-order valence-electron chi connectivity index (χ3n) is 3.76. The molecule has 23 heavy (non-hydrogen) atoms. The summed E-state index contributed by atoms with van der Waals surface area (Å²) in [6, 6.07) is 9.72. The van der Waals surface area contributed by atoms with E-state index in [0.717, 1.165) is 5.56 Å². The first-order chi connectivity index (χ1) is 11.1. The molecule has 0 spiro atoms. The standard InChI is InChI=1S/C17H17N3O2S/c1-3-20-10-19-16-13(17(20)22)11(2)14(23-16)15(21)18-9-12-7-5-4-6-8-12/h4-8,10H,3,9H2,1-2H3,(H,18,21). The number of hydrogen-bond donors (Lipinski definition) is 1. The van der Waals surface area contributed by atoms with Crippen molar-refractivity contribution < 1.29 is 4.79 Å². The van der Waals surface area contributed by atoms with Crippen LogP contribution < -0.4 is 10.9 Å². The number of nitrogens with one attached hydrogen (secondary N) is 1. The Bertz CT molecular complexity index is 913. The average molecular weight is 327 g/mol. The maximum Gasteiger partial charge on any atom is 0.262 e.